The van der Waals surface area contributed by atoms with Crippen molar-refractivity contribution >= 4 is 11.4 Å². The lowest BCUT2D eigenvalue weighted by Gasteiger charge is -2.16. The number of rotatable bonds is 7. The van der Waals surface area contributed by atoms with Crippen molar-refractivity contribution < 1.29 is 24.8 Å². The topological polar surface area (TPSA) is 103 Å². The minimum absolute atomic E-state index is 0.0542. The van der Waals surface area contributed by atoms with Crippen molar-refractivity contribution in [3.63, 3.8) is 0 Å². The van der Waals surface area contributed by atoms with Gasteiger partial charge in [0, 0.05) is 17.8 Å². The molecule has 0 bridgehead atoms. The number of hydrogen-bond acceptors (Lipinski definition) is 7. The van der Waals surface area contributed by atoms with E-state index in [2.05, 4.69) is 29.7 Å². The van der Waals surface area contributed by atoms with Gasteiger partial charge in [-0.15, -0.1) is 0 Å². The zero-order valence-electron chi connectivity index (χ0n) is 25.1. The van der Waals surface area contributed by atoms with E-state index < -0.39 is 12.2 Å². The van der Waals surface area contributed by atoms with Crippen LogP contribution in [0, 0.1) is 5.92 Å². The average molecular weight is 535 g/mol. The zero-order chi connectivity index (χ0) is 29.1. The number of ether oxygens (including phenoxy) is 2. The molecule has 2 aliphatic rings. The van der Waals surface area contributed by atoms with Gasteiger partial charge >= 0.3 is 0 Å². The second kappa shape index (κ2) is 20.8. The molecule has 2 aromatic carbocycles. The summed E-state index contributed by atoms with van der Waals surface area (Å²) in [7, 11) is 0. The minimum Gasteiger partial charge on any atom is -0.394 e. The summed E-state index contributed by atoms with van der Waals surface area (Å²) in [4.78, 5) is 0. The molecule has 38 heavy (non-hydrogen) atoms. The summed E-state index contributed by atoms with van der Waals surface area (Å²) < 4.78 is 11.4. The second-order valence-electron chi connectivity index (χ2n) is 8.15. The summed E-state index contributed by atoms with van der Waals surface area (Å²) in [5.41, 5.74) is 4.09. The molecule has 0 aliphatic carbocycles. The molecule has 7 nitrogen and oxygen atoms in total. The maximum absolute atomic E-state index is 9.83. The van der Waals surface area contributed by atoms with E-state index in [0.29, 0.717) is 12.3 Å². The van der Waals surface area contributed by atoms with Gasteiger partial charge in [-0.1, -0.05) is 86.6 Å². The highest BCUT2D eigenvalue weighted by molar-refractivity contribution is 5.68. The van der Waals surface area contributed by atoms with E-state index in [1.807, 2.05) is 91.8 Å². The first kappa shape index (κ1) is 35.8. The Bertz CT molecular complexity index is 747. The Labute approximate surface area is 231 Å². The van der Waals surface area contributed by atoms with Crippen molar-refractivity contribution in [2.24, 2.45) is 5.92 Å². The second-order valence-corrected chi connectivity index (χ2v) is 8.15. The Morgan fingerprint density at radius 1 is 0.632 bits per heavy atom. The normalized spacial score (nSPS) is 25.2. The van der Waals surface area contributed by atoms with Crippen molar-refractivity contribution in [1.29, 1.82) is 0 Å². The first-order valence-electron chi connectivity index (χ1n) is 14.5. The van der Waals surface area contributed by atoms with Crippen molar-refractivity contribution in [3.8, 4) is 11.1 Å². The van der Waals surface area contributed by atoms with Crippen molar-refractivity contribution in [3.05, 3.63) is 48.5 Å². The minimum atomic E-state index is -0.647. The monoisotopic (exact) mass is 534 g/mol. The molecule has 4 rings (SSSR count). The van der Waals surface area contributed by atoms with E-state index in [4.69, 9.17) is 9.47 Å². The fourth-order valence-corrected chi connectivity index (χ4v) is 4.08. The quantitative estimate of drug-likeness (QED) is 0.276. The summed E-state index contributed by atoms with van der Waals surface area (Å²) in [6.45, 7) is 18.0. The Morgan fingerprint density at radius 3 is 1.34 bits per heavy atom. The van der Waals surface area contributed by atoms with Crippen LogP contribution >= 0.6 is 0 Å². The molecule has 218 valence electrons. The predicted molar refractivity (Wildman–Crippen MR) is 160 cm³/mol. The predicted octanol–water partition coefficient (Wildman–Crippen LogP) is 6.49. The van der Waals surface area contributed by atoms with Gasteiger partial charge in [0.15, 0.2) is 0 Å². The van der Waals surface area contributed by atoms with Crippen LogP contribution in [0.3, 0.4) is 0 Å². The molecule has 6 atom stereocenters. The van der Waals surface area contributed by atoms with Gasteiger partial charge in [0.25, 0.3) is 0 Å². The zero-order valence-corrected chi connectivity index (χ0v) is 25.1. The number of nitrogens with one attached hydrogen (secondary N) is 2. The number of aliphatic hydroxyl groups excluding tert-OH is 3. The number of hydrogen-bond donors (Lipinski definition) is 5. The standard InChI is InChI=1S/C23H30N2O5.4C2H6/c1-14-10-22(29-20(14)12-26)24-17-6-2-15(3-7-17)16-4-8-18(9-5-16)25-23-11-19(28)21(13-27)30-23;4*1-2/h2-9,14,19-28H,10-13H2,1H3;4*1-2H3. The van der Waals surface area contributed by atoms with E-state index in [-0.39, 0.29) is 31.8 Å². The molecule has 6 unspecified atom stereocenters. The molecule has 7 heteroatoms. The maximum atomic E-state index is 9.83. The highest BCUT2D eigenvalue weighted by Gasteiger charge is 2.33. The first-order valence-corrected chi connectivity index (χ1v) is 14.5. The fourth-order valence-electron chi connectivity index (χ4n) is 4.08. The molecule has 0 amide bonds. The number of anilines is 2. The van der Waals surface area contributed by atoms with Crippen LogP contribution in [-0.2, 0) is 9.47 Å². The van der Waals surface area contributed by atoms with Gasteiger partial charge in [0.1, 0.15) is 18.6 Å². The lowest BCUT2D eigenvalue weighted by molar-refractivity contribution is -0.0149. The summed E-state index contributed by atoms with van der Waals surface area (Å²) in [6.07, 6.45) is -0.324. The van der Waals surface area contributed by atoms with Crippen LogP contribution in [0.4, 0.5) is 11.4 Å². The van der Waals surface area contributed by atoms with E-state index in [1.54, 1.807) is 0 Å². The Kier molecular flexibility index (Phi) is 19.6. The van der Waals surface area contributed by atoms with Gasteiger partial charge in [0.2, 0.25) is 0 Å². The summed E-state index contributed by atoms with van der Waals surface area (Å²) in [5.74, 6) is 0.339. The molecule has 0 radical (unpaired) electrons. The fraction of sp³-hybridized carbons (Fsp3) is 0.613. The first-order chi connectivity index (χ1) is 18.6. The lowest BCUT2D eigenvalue weighted by atomic mass is 10.0. The van der Waals surface area contributed by atoms with Crippen LogP contribution in [0.15, 0.2) is 48.5 Å². The SMILES string of the molecule is CC.CC.CC.CC.CC1CC(Nc2ccc(-c3ccc(NC4CC(O)C(CO)O4)cc3)cc2)OC1CO. The molecule has 5 N–H and O–H groups in total. The van der Waals surface area contributed by atoms with Crippen LogP contribution in [-0.4, -0.2) is 59.3 Å². The van der Waals surface area contributed by atoms with Gasteiger partial charge in [-0.05, 0) is 47.7 Å². The smallest absolute Gasteiger partial charge is 0.130 e. The van der Waals surface area contributed by atoms with E-state index in [0.717, 1.165) is 28.9 Å². The van der Waals surface area contributed by atoms with Gasteiger partial charge in [-0.25, -0.2) is 0 Å². The molecule has 0 aromatic heterocycles. The highest BCUT2D eigenvalue weighted by Crippen LogP contribution is 2.29. The van der Waals surface area contributed by atoms with Crippen LogP contribution in [0.5, 0.6) is 0 Å². The van der Waals surface area contributed by atoms with Crippen LogP contribution in [0.1, 0.15) is 75.2 Å². The van der Waals surface area contributed by atoms with Crippen LogP contribution < -0.4 is 10.6 Å². The van der Waals surface area contributed by atoms with Crippen molar-refractivity contribution in [2.75, 3.05) is 23.8 Å². The summed E-state index contributed by atoms with van der Waals surface area (Å²) in [5, 5.41) is 35.0. The van der Waals surface area contributed by atoms with Gasteiger partial charge in [-0.2, -0.15) is 0 Å². The molecule has 0 saturated carbocycles. The third kappa shape index (κ3) is 10.9. The van der Waals surface area contributed by atoms with Gasteiger partial charge < -0.3 is 35.4 Å². The summed E-state index contributed by atoms with van der Waals surface area (Å²) in [6, 6.07) is 16.2. The molecule has 2 saturated heterocycles. The van der Waals surface area contributed by atoms with E-state index >= 15 is 0 Å². The Hall–Kier alpha value is -2.16. The highest BCUT2D eigenvalue weighted by atomic mass is 16.5. The van der Waals surface area contributed by atoms with Crippen LogP contribution in [0.25, 0.3) is 11.1 Å². The van der Waals surface area contributed by atoms with Gasteiger partial charge in [-0.3, -0.25) is 0 Å². The lowest BCUT2D eigenvalue weighted by Crippen LogP contribution is -2.25. The molecule has 2 aromatic rings. The van der Waals surface area contributed by atoms with E-state index in [9.17, 15) is 15.3 Å². The average Bonchev–Trinajstić information content (AvgIpc) is 3.53. The van der Waals surface area contributed by atoms with Crippen LogP contribution in [0.2, 0.25) is 0 Å². The van der Waals surface area contributed by atoms with E-state index in [1.165, 1.54) is 0 Å². The number of aliphatic hydroxyl groups is 3. The molecule has 2 fully saturated rings. The molecule has 2 aliphatic heterocycles. The molecule has 0 spiro atoms. The largest absolute Gasteiger partial charge is 0.394 e. The Morgan fingerprint density at radius 2 is 1.00 bits per heavy atom. The van der Waals surface area contributed by atoms with Gasteiger partial charge in [0.05, 0.1) is 25.4 Å². The Balaban J connectivity index is 0.00000157. The maximum Gasteiger partial charge on any atom is 0.130 e. The third-order valence-electron chi connectivity index (χ3n) is 5.90. The van der Waals surface area contributed by atoms with Crippen molar-refractivity contribution in [2.45, 2.75) is 106 Å². The molecular formula is C31H54N2O5. The summed E-state index contributed by atoms with van der Waals surface area (Å²) >= 11 is 0. The van der Waals surface area contributed by atoms with Crippen molar-refractivity contribution in [1.82, 2.24) is 0 Å². The third-order valence-corrected chi connectivity index (χ3v) is 5.90. The molecular weight excluding hydrogens is 480 g/mol. The molecule has 2 heterocycles. The number of benzene rings is 2.